The molecule has 1 atom stereocenters. The summed E-state index contributed by atoms with van der Waals surface area (Å²) < 4.78 is 45.7. The van der Waals surface area contributed by atoms with Crippen molar-refractivity contribution in [1.29, 1.82) is 0 Å². The molecule has 0 bridgehead atoms. The van der Waals surface area contributed by atoms with Crippen LogP contribution in [0.5, 0.6) is 5.75 Å². The second kappa shape index (κ2) is 9.93. The fourth-order valence-electron chi connectivity index (χ4n) is 3.19. The molecule has 0 fully saturated rings. The number of halogens is 1. The molecule has 32 heavy (non-hydrogen) atoms. The molecule has 3 aromatic rings. The Labute approximate surface area is 187 Å². The second-order valence-corrected chi connectivity index (χ2v) is 9.25. The van der Waals surface area contributed by atoms with Crippen LogP contribution in [0, 0.1) is 5.82 Å². The number of hydrogen-bond donors (Lipinski definition) is 2. The molecule has 0 aliphatic heterocycles. The molecule has 1 unspecified atom stereocenters. The molecule has 0 radical (unpaired) electrons. The van der Waals surface area contributed by atoms with Gasteiger partial charge in [-0.2, -0.15) is 0 Å². The van der Waals surface area contributed by atoms with E-state index in [1.165, 1.54) is 36.4 Å². The predicted molar refractivity (Wildman–Crippen MR) is 121 cm³/mol. The Bertz CT molecular complexity index is 1160. The zero-order valence-electron chi connectivity index (χ0n) is 18.0. The van der Waals surface area contributed by atoms with Gasteiger partial charge in [0.15, 0.2) is 0 Å². The third kappa shape index (κ3) is 5.72. The zero-order valence-corrected chi connectivity index (χ0v) is 18.8. The highest BCUT2D eigenvalue weighted by molar-refractivity contribution is 7.89. The van der Waals surface area contributed by atoms with Gasteiger partial charge >= 0.3 is 0 Å². The van der Waals surface area contributed by atoms with Gasteiger partial charge in [0, 0.05) is 11.6 Å². The monoisotopic (exact) mass is 456 g/mol. The van der Waals surface area contributed by atoms with Gasteiger partial charge < -0.3 is 10.1 Å². The first-order valence-electron chi connectivity index (χ1n) is 10.0. The van der Waals surface area contributed by atoms with Crippen LogP contribution in [0.15, 0.2) is 77.7 Å². The molecule has 0 aliphatic rings. The highest BCUT2D eigenvalue weighted by Gasteiger charge is 2.20. The number of sulfonamides is 1. The number of hydrogen-bond acceptors (Lipinski definition) is 4. The Hall–Kier alpha value is -3.23. The van der Waals surface area contributed by atoms with Crippen LogP contribution in [0.3, 0.4) is 0 Å². The van der Waals surface area contributed by atoms with Crippen molar-refractivity contribution < 1.29 is 22.3 Å². The van der Waals surface area contributed by atoms with E-state index in [0.29, 0.717) is 16.9 Å². The van der Waals surface area contributed by atoms with Crippen LogP contribution in [0.2, 0.25) is 0 Å². The smallest absolute Gasteiger partial charge is 0.252 e. The Balaban J connectivity index is 1.87. The normalized spacial score (nSPS) is 12.4. The van der Waals surface area contributed by atoms with Gasteiger partial charge in [-0.15, -0.1) is 0 Å². The van der Waals surface area contributed by atoms with Gasteiger partial charge in [0.25, 0.3) is 5.91 Å². The van der Waals surface area contributed by atoms with Gasteiger partial charge in [-0.3, -0.25) is 4.79 Å². The average Bonchev–Trinajstić information content (AvgIpc) is 2.77. The fourth-order valence-corrected chi connectivity index (χ4v) is 4.44. The van der Waals surface area contributed by atoms with Crippen LogP contribution in [0.1, 0.15) is 41.4 Å². The molecule has 0 saturated heterocycles. The van der Waals surface area contributed by atoms with E-state index in [2.05, 4.69) is 10.0 Å². The number of carbonyl (C=O) groups excluding carboxylic acids is 1. The van der Waals surface area contributed by atoms with Crippen molar-refractivity contribution in [3.8, 4) is 5.75 Å². The standard InChI is InChI=1S/C24H25FN2O4S/c1-16(2)27-32(29,30)22-14-8-19(9-15-22)24(28)26-23(17-4-10-20(25)11-5-17)18-6-12-21(31-3)13-7-18/h4-16,23,27H,1-3H3,(H,26,28). The topological polar surface area (TPSA) is 84.5 Å². The quantitative estimate of drug-likeness (QED) is 0.536. The lowest BCUT2D eigenvalue weighted by molar-refractivity contribution is 0.0943. The van der Waals surface area contributed by atoms with Crippen molar-refractivity contribution >= 4 is 15.9 Å². The first-order valence-corrected chi connectivity index (χ1v) is 11.5. The Morgan fingerprint density at radius 1 is 0.875 bits per heavy atom. The molecule has 0 heterocycles. The molecule has 0 aromatic heterocycles. The van der Waals surface area contributed by atoms with Crippen molar-refractivity contribution in [2.75, 3.05) is 7.11 Å². The maximum absolute atomic E-state index is 13.4. The number of methoxy groups -OCH3 is 1. The number of carbonyl (C=O) groups is 1. The maximum atomic E-state index is 13.4. The molecule has 3 aromatic carbocycles. The summed E-state index contributed by atoms with van der Waals surface area (Å²) in [5.74, 6) is -0.0963. The van der Waals surface area contributed by atoms with Crippen molar-refractivity contribution in [2.45, 2.75) is 30.8 Å². The summed E-state index contributed by atoms with van der Waals surface area (Å²) in [7, 11) is -2.09. The van der Waals surface area contributed by atoms with Gasteiger partial charge in [0.05, 0.1) is 18.0 Å². The SMILES string of the molecule is COc1ccc(C(NC(=O)c2ccc(S(=O)(=O)NC(C)C)cc2)c2ccc(F)cc2)cc1. The summed E-state index contributed by atoms with van der Waals surface area (Å²) in [6.45, 7) is 3.46. The van der Waals surface area contributed by atoms with E-state index in [4.69, 9.17) is 4.74 Å². The predicted octanol–water partition coefficient (Wildman–Crippen LogP) is 4.04. The van der Waals surface area contributed by atoms with E-state index in [0.717, 1.165) is 5.56 Å². The minimum atomic E-state index is -3.65. The molecule has 3 rings (SSSR count). The van der Waals surface area contributed by atoms with Gasteiger partial charge in [0.2, 0.25) is 10.0 Å². The molecule has 0 aliphatic carbocycles. The summed E-state index contributed by atoms with van der Waals surface area (Å²) in [6, 6.07) is 18.0. The molecule has 0 spiro atoms. The van der Waals surface area contributed by atoms with Crippen LogP contribution in [0.4, 0.5) is 4.39 Å². The molecule has 6 nitrogen and oxygen atoms in total. The van der Waals surface area contributed by atoms with Crippen molar-refractivity contribution in [2.24, 2.45) is 0 Å². The molecule has 0 saturated carbocycles. The molecule has 8 heteroatoms. The van der Waals surface area contributed by atoms with Gasteiger partial charge in [0.1, 0.15) is 11.6 Å². The van der Waals surface area contributed by atoms with E-state index in [1.807, 2.05) is 12.1 Å². The van der Waals surface area contributed by atoms with E-state index >= 15 is 0 Å². The molecular weight excluding hydrogens is 431 g/mol. The first-order chi connectivity index (χ1) is 15.2. The van der Waals surface area contributed by atoms with Gasteiger partial charge in [-0.1, -0.05) is 24.3 Å². The van der Waals surface area contributed by atoms with E-state index < -0.39 is 22.0 Å². The third-order valence-corrected chi connectivity index (χ3v) is 6.42. The minimum Gasteiger partial charge on any atom is -0.497 e. The van der Waals surface area contributed by atoms with E-state index in [-0.39, 0.29) is 16.8 Å². The summed E-state index contributed by atoms with van der Waals surface area (Å²) in [4.78, 5) is 13.0. The second-order valence-electron chi connectivity index (χ2n) is 7.53. The van der Waals surface area contributed by atoms with Crippen LogP contribution in [-0.2, 0) is 10.0 Å². The lowest BCUT2D eigenvalue weighted by Crippen LogP contribution is -2.31. The lowest BCUT2D eigenvalue weighted by atomic mass is 9.98. The number of rotatable bonds is 8. The highest BCUT2D eigenvalue weighted by atomic mass is 32.2. The van der Waals surface area contributed by atoms with Crippen LogP contribution in [0.25, 0.3) is 0 Å². The van der Waals surface area contributed by atoms with Crippen molar-refractivity contribution in [3.05, 3.63) is 95.3 Å². The fraction of sp³-hybridized carbons (Fsp3) is 0.208. The van der Waals surface area contributed by atoms with Crippen LogP contribution >= 0.6 is 0 Å². The largest absolute Gasteiger partial charge is 0.497 e. The number of benzene rings is 3. The van der Waals surface area contributed by atoms with E-state index in [1.54, 1.807) is 45.2 Å². The van der Waals surface area contributed by atoms with Crippen molar-refractivity contribution in [1.82, 2.24) is 10.0 Å². The Morgan fingerprint density at radius 2 is 1.41 bits per heavy atom. The minimum absolute atomic E-state index is 0.0768. The number of amides is 1. The number of ether oxygens (including phenoxy) is 1. The van der Waals surface area contributed by atoms with Crippen LogP contribution in [-0.4, -0.2) is 27.5 Å². The highest BCUT2D eigenvalue weighted by Crippen LogP contribution is 2.25. The average molecular weight is 457 g/mol. The summed E-state index contributed by atoms with van der Waals surface area (Å²) >= 11 is 0. The summed E-state index contributed by atoms with van der Waals surface area (Å²) in [5, 5.41) is 2.95. The van der Waals surface area contributed by atoms with Crippen LogP contribution < -0.4 is 14.8 Å². The summed E-state index contributed by atoms with van der Waals surface area (Å²) in [5.41, 5.74) is 1.78. The lowest BCUT2D eigenvalue weighted by Gasteiger charge is -2.20. The molecule has 1 amide bonds. The van der Waals surface area contributed by atoms with E-state index in [9.17, 15) is 17.6 Å². The maximum Gasteiger partial charge on any atom is 0.252 e. The zero-order chi connectivity index (χ0) is 23.3. The summed E-state index contributed by atoms with van der Waals surface area (Å²) in [6.07, 6.45) is 0. The molecule has 168 valence electrons. The number of nitrogens with one attached hydrogen (secondary N) is 2. The Morgan fingerprint density at radius 3 is 1.91 bits per heavy atom. The Kier molecular flexibility index (Phi) is 7.27. The van der Waals surface area contributed by atoms with Gasteiger partial charge in [-0.25, -0.2) is 17.5 Å². The third-order valence-electron chi connectivity index (χ3n) is 4.75. The van der Waals surface area contributed by atoms with Crippen molar-refractivity contribution in [3.63, 3.8) is 0 Å². The first kappa shape index (κ1) is 23.4. The molecule has 2 N–H and O–H groups in total. The molecular formula is C24H25FN2O4S. The van der Waals surface area contributed by atoms with Gasteiger partial charge in [-0.05, 0) is 73.5 Å².